The van der Waals surface area contributed by atoms with Gasteiger partial charge in [0.2, 0.25) is 5.95 Å². The summed E-state index contributed by atoms with van der Waals surface area (Å²) < 4.78 is 51.0. The highest BCUT2D eigenvalue weighted by molar-refractivity contribution is 8.09. The maximum Gasteiger partial charge on any atom is 0.280 e. The van der Waals surface area contributed by atoms with Crippen molar-refractivity contribution in [2.45, 2.75) is 55.0 Å². The SMILES string of the molecule is Nc1nc2c(ncn2[C@@H]2O[C@H](CCO)[C@@H](F)[C@H]2P(O)(=S)OCC[C@]2(O)CO[C@@H](n3ccc4c(N)ncnc43)[C@H]2F)c(=O)[nH]1. The molecule has 1 unspecified atom stereocenters. The summed E-state index contributed by atoms with van der Waals surface area (Å²) in [7, 11) is 0. The predicted molar refractivity (Wildman–Crippen MR) is 151 cm³/mol. The zero-order chi connectivity index (χ0) is 30.7. The first kappa shape index (κ1) is 29.9. The zero-order valence-electron chi connectivity index (χ0n) is 22.2. The lowest BCUT2D eigenvalue weighted by Crippen LogP contribution is -2.41. The number of aromatic amines is 1. The van der Waals surface area contributed by atoms with Gasteiger partial charge in [0.25, 0.3) is 5.56 Å². The highest BCUT2D eigenvalue weighted by Crippen LogP contribution is 2.59. The van der Waals surface area contributed by atoms with Crippen LogP contribution in [-0.2, 0) is 25.8 Å². The average Bonchev–Trinajstić information content (AvgIpc) is 3.70. The van der Waals surface area contributed by atoms with Crippen LogP contribution in [0.1, 0.15) is 25.3 Å². The minimum absolute atomic E-state index is 0.0450. The molecule has 4 aromatic heterocycles. The molecule has 2 aliphatic heterocycles. The molecule has 43 heavy (non-hydrogen) atoms. The number of nitrogens with one attached hydrogen (secondary N) is 1. The van der Waals surface area contributed by atoms with Crippen molar-refractivity contribution in [2.24, 2.45) is 0 Å². The molecule has 8 N–H and O–H groups in total. The van der Waals surface area contributed by atoms with Gasteiger partial charge in [-0.15, -0.1) is 0 Å². The average molecular weight is 644 g/mol. The fourth-order valence-electron chi connectivity index (χ4n) is 5.49. The molecule has 16 nitrogen and oxygen atoms in total. The Kier molecular flexibility index (Phi) is 7.70. The lowest BCUT2D eigenvalue weighted by Gasteiger charge is -2.30. The van der Waals surface area contributed by atoms with Gasteiger partial charge in [-0.05, 0) is 24.3 Å². The van der Waals surface area contributed by atoms with Crippen LogP contribution in [0.2, 0.25) is 0 Å². The van der Waals surface area contributed by atoms with Gasteiger partial charge in [0.05, 0.1) is 31.0 Å². The normalized spacial score (nSPS) is 30.8. The summed E-state index contributed by atoms with van der Waals surface area (Å²) in [5, 5.41) is 21.0. The Labute approximate surface area is 245 Å². The van der Waals surface area contributed by atoms with Gasteiger partial charge < -0.3 is 45.1 Å². The highest BCUT2D eigenvalue weighted by atomic mass is 32.5. The number of nitrogens with zero attached hydrogens (tertiary/aromatic N) is 6. The van der Waals surface area contributed by atoms with E-state index in [1.165, 1.54) is 28.0 Å². The molecule has 0 saturated carbocycles. The van der Waals surface area contributed by atoms with Gasteiger partial charge in [0.1, 0.15) is 35.2 Å². The van der Waals surface area contributed by atoms with Crippen LogP contribution in [0, 0.1) is 0 Å². The molecule has 6 heterocycles. The summed E-state index contributed by atoms with van der Waals surface area (Å²) in [6.45, 7) is -5.41. The summed E-state index contributed by atoms with van der Waals surface area (Å²) in [6.07, 6.45) is -4.20. The summed E-state index contributed by atoms with van der Waals surface area (Å²) in [6, 6.07) is 1.60. The van der Waals surface area contributed by atoms with Gasteiger partial charge in [-0.25, -0.2) is 23.7 Å². The number of hydrogen-bond acceptors (Lipinski definition) is 13. The number of aliphatic hydroxyl groups is 2. The predicted octanol–water partition coefficient (Wildman–Crippen LogP) is 0.0219. The number of nitrogens with two attached hydrogens (primary N) is 2. The molecule has 0 amide bonds. The molecule has 8 atom stereocenters. The van der Waals surface area contributed by atoms with Crippen molar-refractivity contribution >= 4 is 52.3 Å². The number of alkyl halides is 2. The van der Waals surface area contributed by atoms with E-state index in [4.69, 9.17) is 37.3 Å². The van der Waals surface area contributed by atoms with Crippen molar-refractivity contribution in [3.05, 3.63) is 35.3 Å². The van der Waals surface area contributed by atoms with Gasteiger partial charge in [-0.2, -0.15) is 4.98 Å². The maximum atomic E-state index is 15.8. The number of H-pyrrole nitrogens is 1. The van der Waals surface area contributed by atoms with Crippen LogP contribution in [0.25, 0.3) is 22.2 Å². The van der Waals surface area contributed by atoms with E-state index in [1.54, 1.807) is 6.07 Å². The second-order valence-electron chi connectivity index (χ2n) is 10.4. The molecular formula is C23H28F2N9O7PS. The molecular weight excluding hydrogens is 615 g/mol. The fourth-order valence-corrected chi connectivity index (χ4v) is 7.99. The third kappa shape index (κ3) is 5.08. The van der Waals surface area contributed by atoms with Crippen molar-refractivity contribution in [3.8, 4) is 0 Å². The van der Waals surface area contributed by atoms with E-state index in [1.807, 2.05) is 0 Å². The number of aliphatic hydroxyl groups excluding tert-OH is 1. The Morgan fingerprint density at radius 3 is 2.79 bits per heavy atom. The summed E-state index contributed by atoms with van der Waals surface area (Å²) >= 11 is 5.38. The van der Waals surface area contributed by atoms with Gasteiger partial charge in [-0.1, -0.05) is 0 Å². The minimum Gasteiger partial charge on any atom is -0.396 e. The lowest BCUT2D eigenvalue weighted by atomic mass is 9.96. The Morgan fingerprint density at radius 2 is 2.02 bits per heavy atom. The summed E-state index contributed by atoms with van der Waals surface area (Å²) in [5.74, 6) is -0.0297. The number of nitrogen functional groups attached to an aromatic ring is 2. The van der Waals surface area contributed by atoms with Crippen LogP contribution in [-0.4, -0.2) is 98.7 Å². The first-order valence-electron chi connectivity index (χ1n) is 13.1. The molecule has 2 fully saturated rings. The standard InChI is InChI=1S/C23H28F2N9O7PS/c24-12-11(2-5-35)41-20(34-9-30-13-18(34)31-22(27)32-19(13)36)14(12)42(38,43)40-6-3-23(37)7-39-21(15(23)25)33-4-1-10-16(26)28-8-29-17(10)33/h1,4,8-9,11-12,14-15,20-21,35,37H,2-3,5-7H2,(H,38,43)(H2,26,28,29)(H3,27,31,32,36)/t11-,12-,14-,15-,20-,21-,23+,42?/m1/s1. The van der Waals surface area contributed by atoms with E-state index in [0.29, 0.717) is 11.0 Å². The number of fused-ring (bicyclic) bond motifs is 2. The van der Waals surface area contributed by atoms with Crippen LogP contribution in [0.15, 0.2) is 29.7 Å². The van der Waals surface area contributed by atoms with Gasteiger partial charge in [-0.3, -0.25) is 14.3 Å². The van der Waals surface area contributed by atoms with Crippen LogP contribution < -0.4 is 17.0 Å². The van der Waals surface area contributed by atoms with E-state index in [2.05, 4.69) is 24.9 Å². The molecule has 0 spiro atoms. The molecule has 6 rings (SSSR count). The Balaban J connectivity index is 1.20. The molecule has 2 saturated heterocycles. The Bertz CT molecular complexity index is 1770. The van der Waals surface area contributed by atoms with E-state index >= 15 is 8.78 Å². The molecule has 20 heteroatoms. The van der Waals surface area contributed by atoms with Crippen molar-refractivity contribution in [1.82, 2.24) is 34.1 Å². The van der Waals surface area contributed by atoms with Crippen molar-refractivity contribution in [2.75, 3.05) is 31.3 Å². The van der Waals surface area contributed by atoms with E-state index < -0.39 is 74.0 Å². The van der Waals surface area contributed by atoms with E-state index in [9.17, 15) is 19.9 Å². The third-order valence-corrected chi connectivity index (χ3v) is 10.6. The van der Waals surface area contributed by atoms with Gasteiger partial charge >= 0.3 is 0 Å². The number of imidazole rings is 1. The molecule has 0 aliphatic carbocycles. The molecule has 232 valence electrons. The first-order valence-corrected chi connectivity index (χ1v) is 15.8. The van der Waals surface area contributed by atoms with Crippen LogP contribution in [0.5, 0.6) is 0 Å². The van der Waals surface area contributed by atoms with E-state index in [0.717, 1.165) is 0 Å². The Hall–Kier alpha value is -3.16. The number of aromatic nitrogens is 7. The number of halogens is 2. The number of ether oxygens (including phenoxy) is 2. The molecule has 4 aromatic rings. The maximum absolute atomic E-state index is 15.8. The van der Waals surface area contributed by atoms with Gasteiger partial charge in [0, 0.05) is 19.2 Å². The quantitative estimate of drug-likeness (QED) is 0.132. The smallest absolute Gasteiger partial charge is 0.280 e. The topological polar surface area (TPSA) is 235 Å². The summed E-state index contributed by atoms with van der Waals surface area (Å²) in [5.41, 5.74) is 7.51. The number of anilines is 2. The van der Waals surface area contributed by atoms with Crippen LogP contribution >= 0.6 is 6.49 Å². The van der Waals surface area contributed by atoms with Crippen LogP contribution in [0.4, 0.5) is 20.5 Å². The third-order valence-electron chi connectivity index (χ3n) is 7.70. The largest absolute Gasteiger partial charge is 0.396 e. The van der Waals surface area contributed by atoms with Crippen molar-refractivity contribution in [1.29, 1.82) is 0 Å². The minimum atomic E-state index is -4.12. The molecule has 0 bridgehead atoms. The zero-order valence-corrected chi connectivity index (χ0v) is 23.9. The number of hydrogen-bond donors (Lipinski definition) is 6. The monoisotopic (exact) mass is 643 g/mol. The second-order valence-corrected chi connectivity index (χ2v) is 13.9. The van der Waals surface area contributed by atoms with Gasteiger partial charge in [0.15, 0.2) is 36.3 Å². The fraction of sp³-hybridized carbons (Fsp3) is 0.522. The van der Waals surface area contributed by atoms with Crippen molar-refractivity contribution in [3.63, 3.8) is 0 Å². The summed E-state index contributed by atoms with van der Waals surface area (Å²) in [4.78, 5) is 42.0. The molecule has 0 aromatic carbocycles. The molecule has 2 aliphatic rings. The molecule has 0 radical (unpaired) electrons. The number of rotatable bonds is 9. The second kappa shape index (κ2) is 11.1. The highest BCUT2D eigenvalue weighted by Gasteiger charge is 2.54. The van der Waals surface area contributed by atoms with Crippen LogP contribution in [0.3, 0.4) is 0 Å². The van der Waals surface area contributed by atoms with Crippen molar-refractivity contribution < 1.29 is 37.9 Å². The lowest BCUT2D eigenvalue weighted by molar-refractivity contribution is -0.0295. The van der Waals surface area contributed by atoms with E-state index in [-0.39, 0.29) is 35.8 Å². The Morgan fingerprint density at radius 1 is 1.23 bits per heavy atom. The first-order chi connectivity index (χ1) is 20.4.